The Labute approximate surface area is 200 Å². The van der Waals surface area contributed by atoms with E-state index in [0.29, 0.717) is 19.4 Å². The molecule has 7 heteroatoms. The second-order valence-electron chi connectivity index (χ2n) is 9.26. The molecular formula is C27H32N2O5. The molecule has 4 rings (SSSR count). The Bertz CT molecular complexity index is 1020. The van der Waals surface area contributed by atoms with E-state index in [9.17, 15) is 19.5 Å². The zero-order valence-corrected chi connectivity index (χ0v) is 19.7. The number of carbonyl (C=O) groups excluding carboxylic acids is 2. The van der Waals surface area contributed by atoms with Crippen LogP contribution in [0.5, 0.6) is 0 Å². The number of rotatable bonds is 8. The fourth-order valence-electron chi connectivity index (χ4n) is 5.17. The van der Waals surface area contributed by atoms with E-state index < -0.39 is 18.1 Å². The first-order valence-corrected chi connectivity index (χ1v) is 12.0. The van der Waals surface area contributed by atoms with Gasteiger partial charge in [0.2, 0.25) is 5.91 Å². The number of carboxylic acids is 1. The molecule has 1 heterocycles. The van der Waals surface area contributed by atoms with Gasteiger partial charge in [0.25, 0.3) is 0 Å². The van der Waals surface area contributed by atoms with E-state index in [1.807, 2.05) is 38.1 Å². The summed E-state index contributed by atoms with van der Waals surface area (Å²) < 4.78 is 5.65. The lowest BCUT2D eigenvalue weighted by molar-refractivity contribution is -0.141. The lowest BCUT2D eigenvalue weighted by Crippen LogP contribution is -2.53. The maximum absolute atomic E-state index is 13.3. The number of carbonyl (C=O) groups is 3. The fourth-order valence-corrected chi connectivity index (χ4v) is 5.17. The van der Waals surface area contributed by atoms with Crippen molar-refractivity contribution in [1.29, 1.82) is 0 Å². The molecule has 1 fully saturated rings. The second-order valence-corrected chi connectivity index (χ2v) is 9.26. The molecule has 1 aliphatic carbocycles. The van der Waals surface area contributed by atoms with Crippen LogP contribution in [-0.4, -0.2) is 53.2 Å². The van der Waals surface area contributed by atoms with Crippen molar-refractivity contribution in [2.75, 3.05) is 13.2 Å². The fraction of sp³-hybridized carbons (Fsp3) is 0.444. The molecule has 0 bridgehead atoms. The minimum atomic E-state index is -0.922. The Morgan fingerprint density at radius 2 is 1.71 bits per heavy atom. The van der Waals surface area contributed by atoms with Gasteiger partial charge in [-0.25, -0.2) is 4.79 Å². The van der Waals surface area contributed by atoms with Crippen LogP contribution in [-0.2, 0) is 14.3 Å². The summed E-state index contributed by atoms with van der Waals surface area (Å²) in [5, 5.41) is 12.0. The van der Waals surface area contributed by atoms with Gasteiger partial charge < -0.3 is 20.1 Å². The van der Waals surface area contributed by atoms with Crippen LogP contribution in [0.3, 0.4) is 0 Å². The molecule has 34 heavy (non-hydrogen) atoms. The highest BCUT2D eigenvalue weighted by Gasteiger charge is 2.37. The molecule has 2 amide bonds. The Balaban J connectivity index is 1.44. The number of benzene rings is 2. The third kappa shape index (κ3) is 4.79. The molecule has 2 aromatic rings. The molecular weight excluding hydrogens is 432 g/mol. The summed E-state index contributed by atoms with van der Waals surface area (Å²) in [4.78, 5) is 39.0. The number of amides is 2. The number of fused-ring (bicyclic) bond motifs is 3. The largest absolute Gasteiger partial charge is 0.481 e. The molecule has 2 aliphatic rings. The summed E-state index contributed by atoms with van der Waals surface area (Å²) in [6, 6.07) is 15.2. The first-order chi connectivity index (χ1) is 16.4. The number of ether oxygens (including phenoxy) is 1. The Morgan fingerprint density at radius 3 is 2.29 bits per heavy atom. The van der Waals surface area contributed by atoms with Crippen molar-refractivity contribution >= 4 is 18.0 Å². The van der Waals surface area contributed by atoms with E-state index >= 15 is 0 Å². The van der Waals surface area contributed by atoms with Crippen molar-refractivity contribution in [1.82, 2.24) is 10.2 Å². The van der Waals surface area contributed by atoms with Crippen LogP contribution in [0.25, 0.3) is 11.1 Å². The molecule has 2 N–H and O–H groups in total. The SMILES string of the molecule is CC[C@H](C)[C@H](NC(=O)OCC1c2ccccc2-c2ccccc21)C(=O)N1CCCC1CC(=O)O. The van der Waals surface area contributed by atoms with Crippen molar-refractivity contribution in [2.45, 2.75) is 57.5 Å². The highest BCUT2D eigenvalue weighted by Crippen LogP contribution is 2.44. The predicted octanol–water partition coefficient (Wildman–Crippen LogP) is 4.41. The van der Waals surface area contributed by atoms with Gasteiger partial charge in [0.15, 0.2) is 0 Å². The molecule has 180 valence electrons. The van der Waals surface area contributed by atoms with E-state index in [1.165, 1.54) is 0 Å². The highest BCUT2D eigenvalue weighted by molar-refractivity contribution is 5.87. The molecule has 0 spiro atoms. The van der Waals surface area contributed by atoms with Gasteiger partial charge in [-0.2, -0.15) is 0 Å². The predicted molar refractivity (Wildman–Crippen MR) is 128 cm³/mol. The number of carboxylic acid groups (broad SMARTS) is 1. The monoisotopic (exact) mass is 464 g/mol. The number of likely N-dealkylation sites (tertiary alicyclic amines) is 1. The van der Waals surface area contributed by atoms with Crippen LogP contribution in [0.2, 0.25) is 0 Å². The van der Waals surface area contributed by atoms with E-state index in [2.05, 4.69) is 29.6 Å². The lowest BCUT2D eigenvalue weighted by atomic mass is 9.97. The van der Waals surface area contributed by atoms with Gasteiger partial charge in [-0.05, 0) is 41.0 Å². The van der Waals surface area contributed by atoms with Crippen molar-refractivity contribution in [3.63, 3.8) is 0 Å². The van der Waals surface area contributed by atoms with Gasteiger partial charge in [-0.15, -0.1) is 0 Å². The molecule has 1 aliphatic heterocycles. The number of hydrogen-bond acceptors (Lipinski definition) is 4. The van der Waals surface area contributed by atoms with E-state index in [1.54, 1.807) is 4.90 Å². The minimum absolute atomic E-state index is 0.0607. The van der Waals surface area contributed by atoms with Gasteiger partial charge in [0, 0.05) is 18.5 Å². The molecule has 0 saturated carbocycles. The molecule has 0 radical (unpaired) electrons. The Morgan fingerprint density at radius 1 is 1.09 bits per heavy atom. The maximum atomic E-state index is 13.3. The van der Waals surface area contributed by atoms with Crippen LogP contribution < -0.4 is 5.32 Å². The third-order valence-electron chi connectivity index (χ3n) is 7.17. The molecule has 1 unspecified atom stereocenters. The van der Waals surface area contributed by atoms with Crippen LogP contribution in [0.15, 0.2) is 48.5 Å². The average Bonchev–Trinajstić information content (AvgIpc) is 3.42. The normalized spacial score (nSPS) is 18.6. The van der Waals surface area contributed by atoms with Crippen LogP contribution in [0.4, 0.5) is 4.79 Å². The van der Waals surface area contributed by atoms with E-state index in [-0.39, 0.29) is 36.8 Å². The summed E-state index contributed by atoms with van der Waals surface area (Å²) in [7, 11) is 0. The summed E-state index contributed by atoms with van der Waals surface area (Å²) in [5.41, 5.74) is 4.55. The first-order valence-electron chi connectivity index (χ1n) is 12.0. The average molecular weight is 465 g/mol. The summed E-state index contributed by atoms with van der Waals surface area (Å²) in [5.74, 6) is -1.32. The zero-order valence-electron chi connectivity index (χ0n) is 19.7. The summed E-state index contributed by atoms with van der Waals surface area (Å²) in [6.45, 7) is 4.56. The molecule has 1 saturated heterocycles. The second kappa shape index (κ2) is 10.3. The molecule has 2 aromatic carbocycles. The van der Waals surface area contributed by atoms with Crippen LogP contribution in [0, 0.1) is 5.92 Å². The highest BCUT2D eigenvalue weighted by atomic mass is 16.5. The summed E-state index contributed by atoms with van der Waals surface area (Å²) in [6.07, 6.45) is 1.41. The number of alkyl carbamates (subject to hydrolysis) is 1. The van der Waals surface area contributed by atoms with Crippen molar-refractivity contribution in [3.8, 4) is 11.1 Å². The number of hydrogen-bond donors (Lipinski definition) is 2. The maximum Gasteiger partial charge on any atom is 0.407 e. The smallest absolute Gasteiger partial charge is 0.407 e. The van der Waals surface area contributed by atoms with Crippen molar-refractivity contribution in [2.24, 2.45) is 5.92 Å². The van der Waals surface area contributed by atoms with Crippen molar-refractivity contribution in [3.05, 3.63) is 59.7 Å². The van der Waals surface area contributed by atoms with Gasteiger partial charge in [0.05, 0.1) is 6.42 Å². The quantitative estimate of drug-likeness (QED) is 0.604. The topological polar surface area (TPSA) is 95.9 Å². The van der Waals surface area contributed by atoms with Gasteiger partial charge in [-0.1, -0.05) is 68.8 Å². The van der Waals surface area contributed by atoms with Crippen LogP contribution in [0.1, 0.15) is 56.6 Å². The van der Waals surface area contributed by atoms with Gasteiger partial charge >= 0.3 is 12.1 Å². The van der Waals surface area contributed by atoms with E-state index in [4.69, 9.17) is 4.74 Å². The molecule has 0 aromatic heterocycles. The van der Waals surface area contributed by atoms with Crippen molar-refractivity contribution < 1.29 is 24.2 Å². The van der Waals surface area contributed by atoms with Gasteiger partial charge in [0.1, 0.15) is 12.6 Å². The third-order valence-corrected chi connectivity index (χ3v) is 7.17. The van der Waals surface area contributed by atoms with Crippen LogP contribution >= 0.6 is 0 Å². The summed E-state index contributed by atoms with van der Waals surface area (Å²) >= 11 is 0. The zero-order chi connectivity index (χ0) is 24.2. The minimum Gasteiger partial charge on any atom is -0.481 e. The Hall–Kier alpha value is -3.35. The lowest BCUT2D eigenvalue weighted by Gasteiger charge is -2.31. The van der Waals surface area contributed by atoms with Gasteiger partial charge in [-0.3, -0.25) is 9.59 Å². The number of nitrogens with zero attached hydrogens (tertiary/aromatic N) is 1. The standard InChI is InChI=1S/C27H32N2O5/c1-3-17(2)25(26(32)29-14-8-9-18(29)15-24(30)31)28-27(33)34-16-23-21-12-6-4-10-19(21)20-11-5-7-13-22(20)23/h4-7,10-13,17-18,23,25H,3,8-9,14-16H2,1-2H3,(H,28,33)(H,30,31)/t17-,18?,25-/m0/s1. The Kier molecular flexibility index (Phi) is 7.20. The number of aliphatic carboxylic acids is 1. The number of nitrogens with one attached hydrogen (secondary N) is 1. The van der Waals surface area contributed by atoms with E-state index in [0.717, 1.165) is 28.7 Å². The first kappa shape index (κ1) is 23.8. The molecule has 7 nitrogen and oxygen atoms in total. The molecule has 3 atom stereocenters.